The van der Waals surface area contributed by atoms with Crippen LogP contribution in [0.5, 0.6) is 11.5 Å². The molecule has 11 heteroatoms. The van der Waals surface area contributed by atoms with Gasteiger partial charge in [0.2, 0.25) is 19.3 Å². The summed E-state index contributed by atoms with van der Waals surface area (Å²) in [4.78, 5) is 12.4. The summed E-state index contributed by atoms with van der Waals surface area (Å²) in [6.45, 7) is 4.76. The third-order valence-electron chi connectivity index (χ3n) is 4.32. The highest BCUT2D eigenvalue weighted by Crippen LogP contribution is 2.21. The van der Waals surface area contributed by atoms with E-state index in [4.69, 9.17) is 9.47 Å². The Labute approximate surface area is 201 Å². The van der Waals surface area contributed by atoms with Gasteiger partial charge in [-0.2, -0.15) is 5.26 Å². The average molecular weight is 499 g/mol. The summed E-state index contributed by atoms with van der Waals surface area (Å²) in [6.07, 6.45) is 2.39. The number of nitrogens with zero attached hydrogens (tertiary/aromatic N) is 3. The Hall–Kier alpha value is -3.75. The van der Waals surface area contributed by atoms with Gasteiger partial charge in [-0.1, -0.05) is 29.5 Å². The zero-order valence-corrected chi connectivity index (χ0v) is 20.4. The van der Waals surface area contributed by atoms with Crippen molar-refractivity contribution in [3.63, 3.8) is 0 Å². The Kier molecular flexibility index (Phi) is 7.99. The number of hydrogen-bond donors (Lipinski definition) is 1. The van der Waals surface area contributed by atoms with Gasteiger partial charge in [0, 0.05) is 6.26 Å². The van der Waals surface area contributed by atoms with E-state index < -0.39 is 15.7 Å². The molecule has 176 valence electrons. The van der Waals surface area contributed by atoms with Gasteiger partial charge in [0.05, 0.1) is 0 Å². The van der Waals surface area contributed by atoms with Crippen LogP contribution >= 0.6 is 11.3 Å². The summed E-state index contributed by atoms with van der Waals surface area (Å²) in [5.41, 5.74) is 2.70. The first-order valence-electron chi connectivity index (χ1n) is 10.0. The largest absolute Gasteiger partial charge is 0.490 e. The van der Waals surface area contributed by atoms with Crippen molar-refractivity contribution < 1.29 is 22.7 Å². The molecule has 0 fully saturated rings. The van der Waals surface area contributed by atoms with Crippen LogP contribution in [-0.4, -0.2) is 44.0 Å². The highest BCUT2D eigenvalue weighted by molar-refractivity contribution is 7.92. The van der Waals surface area contributed by atoms with Crippen LogP contribution in [0.15, 0.2) is 52.4 Å². The van der Waals surface area contributed by atoms with Crippen LogP contribution in [0.25, 0.3) is 6.08 Å². The van der Waals surface area contributed by atoms with Crippen molar-refractivity contribution in [2.75, 3.05) is 24.8 Å². The van der Waals surface area contributed by atoms with Crippen LogP contribution in [0.1, 0.15) is 16.7 Å². The molecule has 9 nitrogen and oxygen atoms in total. The molecule has 34 heavy (non-hydrogen) atoms. The maximum atomic E-state index is 12.4. The molecule has 3 rings (SSSR count). The zero-order valence-electron chi connectivity index (χ0n) is 18.7. The third-order valence-corrected chi connectivity index (χ3v) is 6.82. The number of sulfone groups is 1. The number of aryl methyl sites for hydroxylation is 2. The molecule has 1 aromatic heterocycles. The average Bonchev–Trinajstić information content (AvgIpc) is 3.24. The molecule has 1 amide bonds. The fraction of sp³-hybridized carbons (Fsp3) is 0.217. The highest BCUT2D eigenvalue weighted by atomic mass is 32.2. The van der Waals surface area contributed by atoms with Gasteiger partial charge in [-0.3, -0.25) is 10.1 Å². The van der Waals surface area contributed by atoms with Gasteiger partial charge in [-0.15, -0.1) is 10.2 Å². The molecule has 0 bridgehead atoms. The van der Waals surface area contributed by atoms with Gasteiger partial charge >= 0.3 is 0 Å². The van der Waals surface area contributed by atoms with Gasteiger partial charge in [0.15, 0.2) is 0 Å². The molecule has 1 N–H and O–H groups in total. The molecule has 2 aromatic carbocycles. The lowest BCUT2D eigenvalue weighted by Crippen LogP contribution is -2.13. The molecular formula is C23H22N4O5S2. The van der Waals surface area contributed by atoms with Crippen LogP contribution in [0.3, 0.4) is 0 Å². The lowest BCUT2D eigenvalue weighted by Gasteiger charge is -2.10. The second-order valence-corrected chi connectivity index (χ2v) is 10.5. The molecule has 0 aliphatic carbocycles. The maximum absolute atomic E-state index is 12.4. The molecule has 0 saturated heterocycles. The fourth-order valence-electron chi connectivity index (χ4n) is 2.89. The number of carbonyl (C=O) groups excluding carboxylic acids is 1. The van der Waals surface area contributed by atoms with Gasteiger partial charge in [0.25, 0.3) is 5.91 Å². The lowest BCUT2D eigenvalue weighted by molar-refractivity contribution is -0.112. The van der Waals surface area contributed by atoms with E-state index in [1.165, 1.54) is 6.08 Å². The number of hydrogen-bond acceptors (Lipinski definition) is 9. The predicted molar refractivity (Wildman–Crippen MR) is 129 cm³/mol. The molecule has 0 aliphatic heterocycles. The Morgan fingerprint density at radius 2 is 1.68 bits per heavy atom. The van der Waals surface area contributed by atoms with Crippen molar-refractivity contribution >= 4 is 38.3 Å². The van der Waals surface area contributed by atoms with E-state index in [9.17, 15) is 18.5 Å². The van der Waals surface area contributed by atoms with Crippen LogP contribution in [0.2, 0.25) is 0 Å². The number of aromatic nitrogens is 2. The number of rotatable bonds is 9. The minimum absolute atomic E-state index is 0.0154. The van der Waals surface area contributed by atoms with Gasteiger partial charge < -0.3 is 9.47 Å². The number of nitriles is 1. The summed E-state index contributed by atoms with van der Waals surface area (Å²) in [5.74, 6) is 0.693. The number of nitrogens with one attached hydrogen (secondary N) is 1. The van der Waals surface area contributed by atoms with E-state index in [1.54, 1.807) is 24.3 Å². The van der Waals surface area contributed by atoms with E-state index in [0.717, 1.165) is 23.1 Å². The SMILES string of the molecule is Cc1cc(C)cc(OCCOc2ccc(/C=C(/C#N)C(=O)Nc3nnc(S(C)(=O)=O)s3)cc2)c1. The molecule has 0 unspecified atom stereocenters. The maximum Gasteiger partial charge on any atom is 0.268 e. The third kappa shape index (κ3) is 7.13. The second kappa shape index (κ2) is 10.9. The normalized spacial score (nSPS) is 11.5. The summed E-state index contributed by atoms with van der Waals surface area (Å²) >= 11 is 0.708. The van der Waals surface area contributed by atoms with Crippen molar-refractivity contribution in [1.82, 2.24) is 10.2 Å². The van der Waals surface area contributed by atoms with Crippen molar-refractivity contribution in [2.45, 2.75) is 18.2 Å². The number of ether oxygens (including phenoxy) is 2. The molecule has 0 spiro atoms. The first-order valence-corrected chi connectivity index (χ1v) is 12.8. The number of carbonyl (C=O) groups is 1. The van der Waals surface area contributed by atoms with E-state index in [2.05, 4.69) is 21.6 Å². The van der Waals surface area contributed by atoms with Crippen molar-refractivity contribution in [3.05, 3.63) is 64.7 Å². The van der Waals surface area contributed by atoms with Crippen molar-refractivity contribution in [2.24, 2.45) is 0 Å². The van der Waals surface area contributed by atoms with Gasteiger partial charge in [0.1, 0.15) is 36.4 Å². The summed E-state index contributed by atoms with van der Waals surface area (Å²) in [7, 11) is -3.53. The van der Waals surface area contributed by atoms with Gasteiger partial charge in [-0.25, -0.2) is 8.42 Å². The van der Waals surface area contributed by atoms with Crippen LogP contribution in [-0.2, 0) is 14.6 Å². The quantitative estimate of drug-likeness (QED) is 0.205. The first-order chi connectivity index (χ1) is 16.1. The standard InChI is InChI=1S/C23H22N4O5S2/c1-15-10-16(2)12-20(11-15)32-9-8-31-19-6-4-17(5-7-19)13-18(14-24)21(28)25-22-26-27-23(33-22)34(3,29)30/h4-7,10-13H,8-9H2,1-3H3,(H,25,26,28)/b18-13-. The number of benzene rings is 2. The smallest absolute Gasteiger partial charge is 0.268 e. The number of anilines is 1. The monoisotopic (exact) mass is 498 g/mol. The Bertz CT molecular complexity index is 1340. The predicted octanol–water partition coefficient (Wildman–Crippen LogP) is 3.56. The summed E-state index contributed by atoms with van der Waals surface area (Å²) < 4.78 is 34.1. The van der Waals surface area contributed by atoms with Gasteiger partial charge in [-0.05, 0) is 60.9 Å². The van der Waals surface area contributed by atoms with Crippen molar-refractivity contribution in [1.29, 1.82) is 5.26 Å². The molecule has 3 aromatic rings. The molecule has 0 aliphatic rings. The fourth-order valence-corrected chi connectivity index (χ4v) is 4.39. The lowest BCUT2D eigenvalue weighted by atomic mass is 10.1. The van der Waals surface area contributed by atoms with E-state index in [1.807, 2.05) is 32.0 Å². The second-order valence-electron chi connectivity index (χ2n) is 7.36. The minimum atomic E-state index is -3.53. The Balaban J connectivity index is 1.55. The highest BCUT2D eigenvalue weighted by Gasteiger charge is 2.17. The first kappa shape index (κ1) is 24.9. The topological polar surface area (TPSA) is 131 Å². The molecule has 1 heterocycles. The molecule has 0 atom stereocenters. The Morgan fingerprint density at radius 3 is 2.24 bits per heavy atom. The van der Waals surface area contributed by atoms with E-state index in [-0.39, 0.29) is 15.0 Å². The summed E-state index contributed by atoms with van der Waals surface area (Å²) in [5, 5.41) is 18.8. The molecular weight excluding hydrogens is 476 g/mol. The van der Waals surface area contributed by atoms with Crippen molar-refractivity contribution in [3.8, 4) is 17.6 Å². The van der Waals surface area contributed by atoms with Crippen LogP contribution < -0.4 is 14.8 Å². The Morgan fingerprint density at radius 1 is 1.06 bits per heavy atom. The molecule has 0 radical (unpaired) electrons. The molecule has 0 saturated carbocycles. The van der Waals surface area contributed by atoms with E-state index >= 15 is 0 Å². The minimum Gasteiger partial charge on any atom is -0.490 e. The van der Waals surface area contributed by atoms with Crippen LogP contribution in [0.4, 0.5) is 5.13 Å². The van der Waals surface area contributed by atoms with E-state index in [0.29, 0.717) is 35.9 Å². The zero-order chi connectivity index (χ0) is 24.7. The summed E-state index contributed by atoms with van der Waals surface area (Å²) in [6, 6.07) is 14.7. The number of amides is 1. The van der Waals surface area contributed by atoms with Crippen LogP contribution in [0, 0.1) is 25.2 Å².